The Morgan fingerprint density at radius 2 is 2.15 bits per heavy atom. The number of nitrogens with one attached hydrogen (secondary N) is 2. The van der Waals surface area contributed by atoms with Crippen LogP contribution >= 0.6 is 23.2 Å². The van der Waals surface area contributed by atoms with Gasteiger partial charge in [0, 0.05) is 6.92 Å². The molecule has 1 aromatic rings. The monoisotopic (exact) mass is 220 g/mol. The van der Waals surface area contributed by atoms with Crippen molar-refractivity contribution < 1.29 is 4.79 Å². The summed E-state index contributed by atoms with van der Waals surface area (Å²) in [6.45, 7) is 1.28. The predicted molar refractivity (Wildman–Crippen MR) is 51.4 cm³/mol. The van der Waals surface area contributed by atoms with E-state index in [0.717, 1.165) is 0 Å². The van der Waals surface area contributed by atoms with Crippen molar-refractivity contribution in [1.82, 2.24) is 4.98 Å². The van der Waals surface area contributed by atoms with Crippen molar-refractivity contribution in [3.8, 4) is 0 Å². The zero-order valence-electron chi connectivity index (χ0n) is 6.65. The molecule has 0 atom stereocenters. The minimum atomic E-state index is -0.521. The average molecular weight is 221 g/mol. The highest BCUT2D eigenvalue weighted by Crippen LogP contribution is 2.19. The van der Waals surface area contributed by atoms with Gasteiger partial charge in [-0.3, -0.25) is 9.59 Å². The van der Waals surface area contributed by atoms with Crippen molar-refractivity contribution in [3.63, 3.8) is 0 Å². The molecule has 0 saturated heterocycles. The van der Waals surface area contributed by atoms with Gasteiger partial charge in [0.15, 0.2) is 0 Å². The third-order valence-corrected chi connectivity index (χ3v) is 1.76. The van der Waals surface area contributed by atoms with Gasteiger partial charge in [-0.15, -0.1) is 0 Å². The van der Waals surface area contributed by atoms with Crippen LogP contribution < -0.4 is 10.9 Å². The van der Waals surface area contributed by atoms with Gasteiger partial charge in [0.25, 0.3) is 5.56 Å². The van der Waals surface area contributed by atoms with Gasteiger partial charge in [-0.25, -0.2) is 0 Å². The van der Waals surface area contributed by atoms with E-state index < -0.39 is 5.56 Å². The molecular formula is C7H6Cl2N2O2. The number of hydrogen-bond acceptors (Lipinski definition) is 2. The topological polar surface area (TPSA) is 62.0 Å². The van der Waals surface area contributed by atoms with Gasteiger partial charge in [0.2, 0.25) is 5.91 Å². The third-order valence-electron chi connectivity index (χ3n) is 1.25. The Bertz CT molecular complexity index is 400. The second-order valence-electron chi connectivity index (χ2n) is 2.35. The third kappa shape index (κ3) is 2.47. The molecule has 0 aliphatic heterocycles. The molecule has 2 N–H and O–H groups in total. The second-order valence-corrected chi connectivity index (χ2v) is 3.16. The van der Waals surface area contributed by atoms with Crippen LogP contribution in [-0.2, 0) is 4.79 Å². The molecule has 1 aromatic heterocycles. The molecule has 0 bridgehead atoms. The van der Waals surface area contributed by atoms with Gasteiger partial charge in [-0.2, -0.15) is 0 Å². The van der Waals surface area contributed by atoms with E-state index in [0.29, 0.717) is 0 Å². The van der Waals surface area contributed by atoms with Crippen molar-refractivity contribution >= 4 is 34.8 Å². The minimum absolute atomic E-state index is 0.0126. The molecule has 0 radical (unpaired) electrons. The van der Waals surface area contributed by atoms with Crippen LogP contribution in [0, 0.1) is 0 Å². The number of amides is 1. The van der Waals surface area contributed by atoms with Crippen molar-refractivity contribution in [2.75, 3.05) is 5.32 Å². The van der Waals surface area contributed by atoms with Crippen LogP contribution in [0.1, 0.15) is 6.92 Å². The number of carbonyl (C=O) groups is 1. The normalized spacial score (nSPS) is 9.77. The van der Waals surface area contributed by atoms with Crippen LogP contribution in [0.5, 0.6) is 0 Å². The highest BCUT2D eigenvalue weighted by atomic mass is 35.5. The summed E-state index contributed by atoms with van der Waals surface area (Å²) in [5, 5.41) is 2.54. The van der Waals surface area contributed by atoms with E-state index in [1.807, 2.05) is 0 Å². The molecule has 1 amide bonds. The van der Waals surface area contributed by atoms with Gasteiger partial charge >= 0.3 is 0 Å². The molecule has 0 spiro atoms. The van der Waals surface area contributed by atoms with Crippen LogP contribution in [0.25, 0.3) is 0 Å². The van der Waals surface area contributed by atoms with E-state index in [1.165, 1.54) is 13.0 Å². The maximum absolute atomic E-state index is 11.2. The fourth-order valence-corrected chi connectivity index (χ4v) is 1.28. The number of carbonyl (C=O) groups excluding carboxylic acids is 1. The number of rotatable bonds is 1. The first-order chi connectivity index (χ1) is 6.00. The van der Waals surface area contributed by atoms with E-state index in [2.05, 4.69) is 10.3 Å². The molecule has 0 unspecified atom stereocenters. The Labute approximate surface area is 83.9 Å². The number of H-pyrrole nitrogens is 1. The Balaban J connectivity index is 3.21. The molecule has 0 aliphatic rings. The summed E-state index contributed by atoms with van der Waals surface area (Å²) in [6, 6.07) is 1.34. The van der Waals surface area contributed by atoms with Crippen molar-refractivity contribution in [2.45, 2.75) is 6.92 Å². The zero-order chi connectivity index (χ0) is 10.0. The minimum Gasteiger partial charge on any atom is -0.320 e. The van der Waals surface area contributed by atoms with E-state index in [-0.39, 0.29) is 21.8 Å². The average Bonchev–Trinajstić information content (AvgIpc) is 1.96. The molecule has 1 rings (SSSR count). The number of halogens is 2. The number of aromatic amines is 1. The van der Waals surface area contributed by atoms with Crippen molar-refractivity contribution in [3.05, 3.63) is 26.6 Å². The Morgan fingerprint density at radius 3 is 2.62 bits per heavy atom. The fourth-order valence-electron chi connectivity index (χ4n) is 0.791. The van der Waals surface area contributed by atoms with Gasteiger partial charge in [0.05, 0.1) is 5.02 Å². The van der Waals surface area contributed by atoms with Crippen LogP contribution in [0.4, 0.5) is 5.69 Å². The van der Waals surface area contributed by atoms with Crippen LogP contribution in [-0.4, -0.2) is 10.9 Å². The summed E-state index contributed by atoms with van der Waals surface area (Å²) in [5.74, 6) is -0.366. The summed E-state index contributed by atoms with van der Waals surface area (Å²) in [4.78, 5) is 24.1. The smallest absolute Gasteiger partial charge is 0.274 e. The van der Waals surface area contributed by atoms with E-state index in [1.54, 1.807) is 0 Å². The Hall–Kier alpha value is -1.00. The number of pyridine rings is 1. The van der Waals surface area contributed by atoms with Gasteiger partial charge in [-0.1, -0.05) is 23.2 Å². The standard InChI is InChI=1S/C7H6Cl2N2O2/c1-3(12)10-6-4(8)2-5(9)11-7(6)13/h2H,1H3,(H,10,12)(H,11,13). The first-order valence-electron chi connectivity index (χ1n) is 3.36. The van der Waals surface area contributed by atoms with Crippen molar-refractivity contribution in [2.24, 2.45) is 0 Å². The van der Waals surface area contributed by atoms with E-state index >= 15 is 0 Å². The number of aromatic nitrogens is 1. The van der Waals surface area contributed by atoms with Gasteiger partial charge < -0.3 is 10.3 Å². The van der Waals surface area contributed by atoms with Gasteiger partial charge in [0.1, 0.15) is 10.8 Å². The van der Waals surface area contributed by atoms with Crippen LogP contribution in [0.15, 0.2) is 10.9 Å². The molecule has 6 heteroatoms. The van der Waals surface area contributed by atoms with Crippen LogP contribution in [0.3, 0.4) is 0 Å². The SMILES string of the molecule is CC(=O)Nc1c(Cl)cc(Cl)[nH]c1=O. The lowest BCUT2D eigenvalue weighted by molar-refractivity contribution is -0.114. The van der Waals surface area contributed by atoms with Gasteiger partial charge in [-0.05, 0) is 6.07 Å². The predicted octanol–water partition coefficient (Wildman–Crippen LogP) is 1.64. The fraction of sp³-hybridized carbons (Fsp3) is 0.143. The zero-order valence-corrected chi connectivity index (χ0v) is 8.16. The van der Waals surface area contributed by atoms with E-state index in [4.69, 9.17) is 23.2 Å². The molecule has 0 aliphatic carbocycles. The Kier molecular flexibility index (Phi) is 2.95. The summed E-state index contributed by atoms with van der Waals surface area (Å²) in [5.41, 5.74) is -0.508. The summed E-state index contributed by atoms with van der Waals surface area (Å²) in [6.07, 6.45) is 0. The maximum atomic E-state index is 11.2. The molecule has 13 heavy (non-hydrogen) atoms. The number of hydrogen-bond donors (Lipinski definition) is 2. The Morgan fingerprint density at radius 1 is 1.54 bits per heavy atom. The van der Waals surface area contributed by atoms with Crippen molar-refractivity contribution in [1.29, 1.82) is 0 Å². The largest absolute Gasteiger partial charge is 0.320 e. The molecular weight excluding hydrogens is 215 g/mol. The maximum Gasteiger partial charge on any atom is 0.274 e. The molecule has 70 valence electrons. The lowest BCUT2D eigenvalue weighted by atomic mass is 10.4. The second kappa shape index (κ2) is 3.81. The number of anilines is 1. The van der Waals surface area contributed by atoms with E-state index in [9.17, 15) is 9.59 Å². The summed E-state index contributed by atoms with van der Waals surface area (Å²) in [7, 11) is 0. The quantitative estimate of drug-likeness (QED) is 0.708. The highest BCUT2D eigenvalue weighted by Gasteiger charge is 2.07. The highest BCUT2D eigenvalue weighted by molar-refractivity contribution is 6.36. The molecule has 4 nitrogen and oxygen atoms in total. The molecule has 0 saturated carbocycles. The summed E-state index contributed by atoms with van der Waals surface area (Å²) >= 11 is 11.2. The lowest BCUT2D eigenvalue weighted by Crippen LogP contribution is -2.17. The first kappa shape index (κ1) is 10.1. The first-order valence-corrected chi connectivity index (χ1v) is 4.12. The molecule has 1 heterocycles. The molecule has 0 fully saturated rings. The lowest BCUT2D eigenvalue weighted by Gasteiger charge is -2.02. The molecule has 0 aromatic carbocycles. The summed E-state index contributed by atoms with van der Waals surface area (Å²) < 4.78 is 0. The van der Waals surface area contributed by atoms with Crippen LogP contribution in [0.2, 0.25) is 10.2 Å².